The number of nitrogens with zero attached hydrogens (tertiary/aromatic N) is 4. The third-order valence-electron chi connectivity index (χ3n) is 5.10. The van der Waals surface area contributed by atoms with Crippen LogP contribution in [0.4, 0.5) is 13.2 Å². The number of aromatic nitrogens is 4. The van der Waals surface area contributed by atoms with Gasteiger partial charge in [-0.1, -0.05) is 12.8 Å². The van der Waals surface area contributed by atoms with Crippen LogP contribution in [0, 0.1) is 0 Å². The Morgan fingerprint density at radius 3 is 2.32 bits per heavy atom. The molecule has 0 atom stereocenters. The van der Waals surface area contributed by atoms with Gasteiger partial charge in [-0.15, -0.1) is 0 Å². The third kappa shape index (κ3) is 5.15. The Hall–Kier alpha value is -3.10. The summed E-state index contributed by atoms with van der Waals surface area (Å²) >= 11 is 0. The molecule has 0 N–H and O–H groups in total. The number of alkyl halides is 3. The molecule has 0 saturated heterocycles. The summed E-state index contributed by atoms with van der Waals surface area (Å²) in [7, 11) is 0. The average molecular weight is 432 g/mol. The number of hydrogen-bond acceptors (Lipinski definition) is 5. The van der Waals surface area contributed by atoms with E-state index in [-0.39, 0.29) is 5.75 Å². The smallest absolute Gasteiger partial charge is 0.422 e. The van der Waals surface area contributed by atoms with Gasteiger partial charge in [-0.25, -0.2) is 14.6 Å². The summed E-state index contributed by atoms with van der Waals surface area (Å²) in [5.74, 6) is 2.41. The van der Waals surface area contributed by atoms with Gasteiger partial charge < -0.3 is 9.47 Å². The van der Waals surface area contributed by atoms with Crippen LogP contribution in [0.1, 0.15) is 44.3 Å². The lowest BCUT2D eigenvalue weighted by molar-refractivity contribution is -0.153. The van der Waals surface area contributed by atoms with Gasteiger partial charge >= 0.3 is 6.18 Å². The molecule has 9 heteroatoms. The van der Waals surface area contributed by atoms with Gasteiger partial charge in [0.2, 0.25) is 0 Å². The Morgan fingerprint density at radius 1 is 1.00 bits per heavy atom. The summed E-state index contributed by atoms with van der Waals surface area (Å²) in [5, 5.41) is 4.75. The van der Waals surface area contributed by atoms with E-state index in [0.29, 0.717) is 24.0 Å². The molecule has 1 aliphatic carbocycles. The van der Waals surface area contributed by atoms with Crippen LogP contribution in [0.25, 0.3) is 17.2 Å². The van der Waals surface area contributed by atoms with Crippen LogP contribution < -0.4 is 9.47 Å². The Kier molecular flexibility index (Phi) is 6.11. The molecule has 0 unspecified atom stereocenters. The first-order valence-corrected chi connectivity index (χ1v) is 10.3. The highest BCUT2D eigenvalue weighted by atomic mass is 19.4. The number of hydrogen-bond donors (Lipinski definition) is 0. The normalized spacial score (nSPS) is 14.7. The first-order valence-electron chi connectivity index (χ1n) is 10.3. The number of ether oxygens (including phenoxy) is 2. The molecule has 0 spiro atoms. The second-order valence-corrected chi connectivity index (χ2v) is 7.40. The van der Waals surface area contributed by atoms with Crippen molar-refractivity contribution < 1.29 is 22.6 Å². The molecule has 2 heterocycles. The van der Waals surface area contributed by atoms with Crippen molar-refractivity contribution in [2.75, 3.05) is 13.2 Å². The highest BCUT2D eigenvalue weighted by molar-refractivity contribution is 5.54. The molecule has 0 amide bonds. The summed E-state index contributed by atoms with van der Waals surface area (Å²) in [5.41, 5.74) is 1.30. The zero-order valence-electron chi connectivity index (χ0n) is 17.1. The predicted octanol–water partition coefficient (Wildman–Crippen LogP) is 5.33. The van der Waals surface area contributed by atoms with Crippen molar-refractivity contribution in [2.45, 2.75) is 44.7 Å². The van der Waals surface area contributed by atoms with Crippen molar-refractivity contribution >= 4 is 0 Å². The third-order valence-corrected chi connectivity index (χ3v) is 5.10. The second-order valence-electron chi connectivity index (χ2n) is 7.40. The lowest BCUT2D eigenvalue weighted by Gasteiger charge is -2.10. The maximum Gasteiger partial charge on any atom is 0.422 e. The molecule has 0 bridgehead atoms. The maximum absolute atomic E-state index is 12.4. The largest absolute Gasteiger partial charge is 0.494 e. The van der Waals surface area contributed by atoms with Crippen LogP contribution in [-0.4, -0.2) is 39.1 Å². The van der Waals surface area contributed by atoms with Gasteiger partial charge in [-0.3, -0.25) is 0 Å². The molecule has 1 aliphatic rings. The van der Waals surface area contributed by atoms with Crippen LogP contribution in [0.2, 0.25) is 0 Å². The fourth-order valence-electron chi connectivity index (χ4n) is 3.64. The Morgan fingerprint density at radius 2 is 1.71 bits per heavy atom. The second kappa shape index (κ2) is 8.95. The fourth-order valence-corrected chi connectivity index (χ4v) is 3.64. The van der Waals surface area contributed by atoms with Crippen LogP contribution in [-0.2, 0) is 0 Å². The van der Waals surface area contributed by atoms with Gasteiger partial charge in [-0.2, -0.15) is 18.3 Å². The minimum Gasteiger partial charge on any atom is -0.494 e. The topological polar surface area (TPSA) is 62.1 Å². The molecule has 31 heavy (non-hydrogen) atoms. The molecule has 0 radical (unpaired) electrons. The van der Waals surface area contributed by atoms with Gasteiger partial charge in [0.15, 0.2) is 18.3 Å². The summed E-state index contributed by atoms with van der Waals surface area (Å²) in [6.07, 6.45) is 1.27. The van der Waals surface area contributed by atoms with Crippen molar-refractivity contribution in [3.05, 3.63) is 48.4 Å². The maximum atomic E-state index is 12.4. The minimum atomic E-state index is -4.40. The van der Waals surface area contributed by atoms with Crippen LogP contribution in [0.15, 0.2) is 42.6 Å². The molecule has 4 rings (SSSR count). The van der Waals surface area contributed by atoms with Crippen molar-refractivity contribution in [2.24, 2.45) is 0 Å². The molecule has 3 aromatic rings. The van der Waals surface area contributed by atoms with Gasteiger partial charge in [-0.05, 0) is 56.2 Å². The summed E-state index contributed by atoms with van der Waals surface area (Å²) in [6, 6.07) is 10.6. The zero-order chi connectivity index (χ0) is 21.8. The van der Waals surface area contributed by atoms with E-state index in [0.717, 1.165) is 42.9 Å². The first kappa shape index (κ1) is 21.1. The fraction of sp³-hybridized carbons (Fsp3) is 0.409. The van der Waals surface area contributed by atoms with Gasteiger partial charge in [0.1, 0.15) is 17.2 Å². The minimum absolute atomic E-state index is 0.0456. The van der Waals surface area contributed by atoms with E-state index in [9.17, 15) is 13.2 Å². The summed E-state index contributed by atoms with van der Waals surface area (Å²) in [4.78, 5) is 9.03. The highest BCUT2D eigenvalue weighted by Crippen LogP contribution is 2.34. The number of pyridine rings is 1. The number of rotatable bonds is 7. The van der Waals surface area contributed by atoms with Crippen molar-refractivity contribution in [1.82, 2.24) is 19.7 Å². The van der Waals surface area contributed by atoms with Gasteiger partial charge in [0, 0.05) is 5.92 Å². The van der Waals surface area contributed by atoms with Crippen molar-refractivity contribution in [1.29, 1.82) is 0 Å². The van der Waals surface area contributed by atoms with E-state index in [1.807, 2.05) is 31.2 Å². The highest BCUT2D eigenvalue weighted by Gasteiger charge is 2.28. The Balaban J connectivity index is 1.65. The number of halogens is 3. The average Bonchev–Trinajstić information content (AvgIpc) is 3.43. The lowest BCUT2D eigenvalue weighted by atomic mass is 10.1. The molecule has 1 saturated carbocycles. The van der Waals surface area contributed by atoms with E-state index in [1.165, 1.54) is 12.3 Å². The van der Waals surface area contributed by atoms with Crippen LogP contribution in [0.5, 0.6) is 11.5 Å². The zero-order valence-corrected chi connectivity index (χ0v) is 17.1. The number of benzene rings is 1. The summed E-state index contributed by atoms with van der Waals surface area (Å²) < 4.78 is 49.1. The van der Waals surface area contributed by atoms with E-state index in [2.05, 4.69) is 4.98 Å². The Labute approximate surface area is 178 Å². The molecule has 2 aromatic heterocycles. The van der Waals surface area contributed by atoms with E-state index in [1.54, 1.807) is 10.7 Å². The molecule has 6 nitrogen and oxygen atoms in total. The monoisotopic (exact) mass is 432 g/mol. The van der Waals surface area contributed by atoms with Crippen LogP contribution >= 0.6 is 0 Å². The molecule has 0 aliphatic heterocycles. The first-order chi connectivity index (χ1) is 14.9. The van der Waals surface area contributed by atoms with Crippen molar-refractivity contribution in [3.63, 3.8) is 0 Å². The van der Waals surface area contributed by atoms with E-state index in [4.69, 9.17) is 19.6 Å². The van der Waals surface area contributed by atoms with Crippen LogP contribution in [0.3, 0.4) is 0 Å². The molecule has 1 fully saturated rings. The molecule has 1 aromatic carbocycles. The SMILES string of the molecule is CCOc1ccc(-n2nc(C3CCCC3)nc2-c2ccc(OCC(F)(F)F)cn2)cc1. The van der Waals surface area contributed by atoms with E-state index < -0.39 is 12.8 Å². The van der Waals surface area contributed by atoms with Crippen molar-refractivity contribution in [3.8, 4) is 28.7 Å². The van der Waals surface area contributed by atoms with Gasteiger partial charge in [0.05, 0.1) is 18.5 Å². The molecular weight excluding hydrogens is 409 g/mol. The quantitative estimate of drug-likeness (QED) is 0.505. The predicted molar refractivity (Wildman–Crippen MR) is 109 cm³/mol. The van der Waals surface area contributed by atoms with E-state index >= 15 is 0 Å². The lowest BCUT2D eigenvalue weighted by Crippen LogP contribution is -2.19. The Bertz CT molecular complexity index is 995. The summed E-state index contributed by atoms with van der Waals surface area (Å²) in [6.45, 7) is 1.14. The standard InChI is InChI=1S/C22H23F3N4O2/c1-2-30-17-9-7-16(8-10-17)29-21(27-20(28-29)15-5-3-4-6-15)19-12-11-18(13-26-19)31-14-22(23,24)25/h7-13,15H,2-6,14H2,1H3. The molecular formula is C22H23F3N4O2. The van der Waals surface area contributed by atoms with Gasteiger partial charge in [0.25, 0.3) is 0 Å². The molecule has 164 valence electrons.